The molecule has 21 heavy (non-hydrogen) atoms. The number of benzene rings is 1. The second-order valence-corrected chi connectivity index (χ2v) is 6.03. The lowest BCUT2D eigenvalue weighted by Crippen LogP contribution is -2.47. The van der Waals surface area contributed by atoms with Crippen LogP contribution in [0.1, 0.15) is 44.1 Å². The van der Waals surface area contributed by atoms with E-state index in [4.69, 9.17) is 16.9 Å². The molecule has 1 fully saturated rings. The molecule has 0 spiro atoms. The molecular formula is C16H20ClN3O. The van der Waals surface area contributed by atoms with Crippen LogP contribution in [0, 0.1) is 11.3 Å². The highest BCUT2D eigenvalue weighted by atomic mass is 35.5. The Kier molecular flexibility index (Phi) is 5.22. The summed E-state index contributed by atoms with van der Waals surface area (Å²) < 4.78 is 0. The Labute approximate surface area is 130 Å². The minimum Gasteiger partial charge on any atom is -0.326 e. The molecule has 2 rings (SSSR count). The number of carbonyl (C=O) groups excluding carboxylic acids is 1. The maximum atomic E-state index is 12.3. The van der Waals surface area contributed by atoms with Crippen molar-refractivity contribution in [2.75, 3.05) is 12.4 Å². The number of nitriles is 1. The molecule has 1 amide bonds. The number of hydrogen-bond donors (Lipinski definition) is 2. The molecule has 4 nitrogen and oxygen atoms in total. The summed E-state index contributed by atoms with van der Waals surface area (Å²) in [5.41, 5.74) is 0.957. The third-order valence-electron chi connectivity index (χ3n) is 4.21. The molecule has 1 aromatic carbocycles. The average Bonchev–Trinajstić information content (AvgIpc) is 2.48. The lowest BCUT2D eigenvalue weighted by Gasteiger charge is -2.36. The van der Waals surface area contributed by atoms with E-state index in [1.54, 1.807) is 18.2 Å². The molecule has 112 valence electrons. The van der Waals surface area contributed by atoms with E-state index < -0.39 is 0 Å². The predicted molar refractivity (Wildman–Crippen MR) is 84.3 cm³/mol. The van der Waals surface area contributed by atoms with Gasteiger partial charge in [-0.3, -0.25) is 4.79 Å². The van der Waals surface area contributed by atoms with Gasteiger partial charge in [0.2, 0.25) is 5.91 Å². The highest BCUT2D eigenvalue weighted by Crippen LogP contribution is 2.31. The van der Waals surface area contributed by atoms with Gasteiger partial charge in [0.1, 0.15) is 6.07 Å². The van der Waals surface area contributed by atoms with E-state index in [1.165, 1.54) is 6.42 Å². The van der Waals surface area contributed by atoms with Crippen molar-refractivity contribution in [1.29, 1.82) is 5.26 Å². The van der Waals surface area contributed by atoms with Crippen LogP contribution in [0.15, 0.2) is 18.2 Å². The molecule has 0 unspecified atom stereocenters. The fourth-order valence-corrected chi connectivity index (χ4v) is 3.16. The fraction of sp³-hybridized carbons (Fsp3) is 0.500. The molecule has 0 heterocycles. The van der Waals surface area contributed by atoms with Gasteiger partial charge in [-0.2, -0.15) is 5.26 Å². The fourth-order valence-electron chi connectivity index (χ4n) is 2.94. The normalized spacial score (nSPS) is 17.0. The minimum atomic E-state index is -0.0846. The lowest BCUT2D eigenvalue weighted by molar-refractivity contribution is -0.117. The van der Waals surface area contributed by atoms with Crippen LogP contribution in [0.3, 0.4) is 0 Å². The molecule has 0 bridgehead atoms. The number of halogens is 1. The van der Waals surface area contributed by atoms with Gasteiger partial charge in [0.15, 0.2) is 0 Å². The summed E-state index contributed by atoms with van der Waals surface area (Å²) in [7, 11) is 1.93. The van der Waals surface area contributed by atoms with E-state index in [0.29, 0.717) is 22.7 Å². The van der Waals surface area contributed by atoms with Crippen molar-refractivity contribution in [3.05, 3.63) is 28.8 Å². The van der Waals surface area contributed by atoms with Gasteiger partial charge in [0.25, 0.3) is 0 Å². The second-order valence-electron chi connectivity index (χ2n) is 5.62. The first-order valence-electron chi connectivity index (χ1n) is 7.27. The number of carbonyl (C=O) groups is 1. The van der Waals surface area contributed by atoms with Crippen molar-refractivity contribution in [3.63, 3.8) is 0 Å². The van der Waals surface area contributed by atoms with Crippen molar-refractivity contribution < 1.29 is 4.79 Å². The highest BCUT2D eigenvalue weighted by Gasteiger charge is 2.32. The first-order chi connectivity index (χ1) is 10.1. The molecule has 0 atom stereocenters. The predicted octanol–water partition coefficient (Wildman–Crippen LogP) is 3.46. The molecule has 2 N–H and O–H groups in total. The van der Waals surface area contributed by atoms with Crippen molar-refractivity contribution >= 4 is 23.2 Å². The Morgan fingerprint density at radius 1 is 1.38 bits per heavy atom. The summed E-state index contributed by atoms with van der Waals surface area (Å²) >= 11 is 5.97. The Hall–Kier alpha value is -1.57. The zero-order valence-electron chi connectivity index (χ0n) is 12.2. The molecule has 0 saturated heterocycles. The quantitative estimate of drug-likeness (QED) is 0.895. The van der Waals surface area contributed by atoms with Gasteiger partial charge in [-0.05, 0) is 38.1 Å². The summed E-state index contributed by atoms with van der Waals surface area (Å²) in [6, 6.07) is 6.94. The van der Waals surface area contributed by atoms with E-state index >= 15 is 0 Å². The number of rotatable bonds is 4. The monoisotopic (exact) mass is 305 g/mol. The van der Waals surface area contributed by atoms with Gasteiger partial charge < -0.3 is 10.6 Å². The third-order valence-corrected chi connectivity index (χ3v) is 4.53. The Morgan fingerprint density at radius 3 is 2.67 bits per heavy atom. The third kappa shape index (κ3) is 3.96. The first kappa shape index (κ1) is 15.8. The molecule has 1 aliphatic rings. The summed E-state index contributed by atoms with van der Waals surface area (Å²) in [4.78, 5) is 12.3. The van der Waals surface area contributed by atoms with E-state index in [1.807, 2.05) is 13.1 Å². The number of hydrogen-bond acceptors (Lipinski definition) is 3. The molecule has 0 aliphatic heterocycles. The largest absolute Gasteiger partial charge is 0.326 e. The minimum absolute atomic E-state index is 0.0213. The lowest BCUT2D eigenvalue weighted by atomic mass is 9.79. The first-order valence-corrected chi connectivity index (χ1v) is 7.65. The smallest absolute Gasteiger partial charge is 0.226 e. The SMILES string of the molecule is CNC1(CC(=O)Nc2ccc(C#N)c(Cl)c2)CCCCC1. The molecule has 0 aromatic heterocycles. The summed E-state index contributed by atoms with van der Waals surface area (Å²) in [6.45, 7) is 0. The van der Waals surface area contributed by atoms with E-state index in [2.05, 4.69) is 10.6 Å². The highest BCUT2D eigenvalue weighted by molar-refractivity contribution is 6.32. The number of nitrogens with zero attached hydrogens (tertiary/aromatic N) is 1. The maximum Gasteiger partial charge on any atom is 0.226 e. The summed E-state index contributed by atoms with van der Waals surface area (Å²) in [5.74, 6) is -0.0213. The zero-order chi connectivity index (χ0) is 15.3. The number of amides is 1. The van der Waals surface area contributed by atoms with Gasteiger partial charge in [-0.25, -0.2) is 0 Å². The van der Waals surface area contributed by atoms with E-state index in [0.717, 1.165) is 25.7 Å². The van der Waals surface area contributed by atoms with Crippen LogP contribution in [-0.2, 0) is 4.79 Å². The molecule has 5 heteroatoms. The zero-order valence-corrected chi connectivity index (χ0v) is 13.0. The standard InChI is InChI=1S/C16H20ClN3O/c1-19-16(7-3-2-4-8-16)10-15(21)20-13-6-5-12(11-18)14(17)9-13/h5-6,9,19H,2-4,7-8,10H2,1H3,(H,20,21). The molecule has 0 radical (unpaired) electrons. The summed E-state index contributed by atoms with van der Waals surface area (Å²) in [5, 5.41) is 15.4. The second kappa shape index (κ2) is 6.93. The molecular weight excluding hydrogens is 286 g/mol. The Bertz CT molecular complexity index is 559. The van der Waals surface area contributed by atoms with Gasteiger partial charge >= 0.3 is 0 Å². The van der Waals surface area contributed by atoms with Gasteiger partial charge in [0, 0.05) is 17.6 Å². The van der Waals surface area contributed by atoms with Crippen LogP contribution in [0.25, 0.3) is 0 Å². The molecule has 1 aromatic rings. The van der Waals surface area contributed by atoms with Crippen molar-refractivity contribution in [1.82, 2.24) is 5.32 Å². The summed E-state index contributed by atoms with van der Waals surface area (Å²) in [6.07, 6.45) is 6.10. The number of anilines is 1. The van der Waals surface area contributed by atoms with Crippen molar-refractivity contribution in [2.45, 2.75) is 44.1 Å². The van der Waals surface area contributed by atoms with Crippen molar-refractivity contribution in [2.24, 2.45) is 0 Å². The van der Waals surface area contributed by atoms with Crippen LogP contribution >= 0.6 is 11.6 Å². The van der Waals surface area contributed by atoms with Crippen LogP contribution < -0.4 is 10.6 Å². The van der Waals surface area contributed by atoms with Crippen LogP contribution in [-0.4, -0.2) is 18.5 Å². The maximum absolute atomic E-state index is 12.3. The van der Waals surface area contributed by atoms with E-state index in [-0.39, 0.29) is 11.4 Å². The average molecular weight is 306 g/mol. The Morgan fingerprint density at radius 2 is 2.10 bits per heavy atom. The van der Waals surface area contributed by atoms with Crippen LogP contribution in [0.5, 0.6) is 0 Å². The van der Waals surface area contributed by atoms with Crippen LogP contribution in [0.4, 0.5) is 5.69 Å². The van der Waals surface area contributed by atoms with Gasteiger partial charge in [-0.15, -0.1) is 0 Å². The molecule has 1 aliphatic carbocycles. The van der Waals surface area contributed by atoms with E-state index in [9.17, 15) is 4.79 Å². The van der Waals surface area contributed by atoms with Gasteiger partial charge in [0.05, 0.1) is 10.6 Å². The van der Waals surface area contributed by atoms with Gasteiger partial charge in [-0.1, -0.05) is 30.9 Å². The Balaban J connectivity index is 2.01. The van der Waals surface area contributed by atoms with Crippen molar-refractivity contribution in [3.8, 4) is 6.07 Å². The number of nitrogens with one attached hydrogen (secondary N) is 2. The topological polar surface area (TPSA) is 64.9 Å². The van der Waals surface area contributed by atoms with Crippen LogP contribution in [0.2, 0.25) is 5.02 Å². The molecule has 1 saturated carbocycles.